The van der Waals surface area contributed by atoms with Gasteiger partial charge in [0.05, 0.1) is 20.1 Å². The first-order chi connectivity index (χ1) is 10.2. The Kier molecular flexibility index (Phi) is 5.41. The van der Waals surface area contributed by atoms with Crippen LogP contribution in [-0.4, -0.2) is 38.1 Å². The summed E-state index contributed by atoms with van der Waals surface area (Å²) in [5.41, 5.74) is 3.31. The average Bonchev–Trinajstić information content (AvgIpc) is 2.54. The van der Waals surface area contributed by atoms with Crippen LogP contribution < -0.4 is 20.7 Å². The predicted molar refractivity (Wildman–Crippen MR) is 79.9 cm³/mol. The molecule has 21 heavy (non-hydrogen) atoms. The van der Waals surface area contributed by atoms with Crippen LogP contribution in [0.15, 0.2) is 18.2 Å². The number of para-hydroxylation sites is 1. The van der Waals surface area contributed by atoms with Crippen molar-refractivity contribution >= 4 is 5.91 Å². The topological polar surface area (TPSA) is 76.8 Å². The molecule has 1 atom stereocenters. The standard InChI is InChI=1S/C15H23N3O3/c1-20-13-7-3-5-11(14(13)21-2)9-18-8-4-6-12(10-18)15(19)17-16/h3,5,7,12H,4,6,8-10,16H2,1-2H3,(H,17,19). The maximum Gasteiger partial charge on any atom is 0.238 e. The Morgan fingerprint density at radius 1 is 1.43 bits per heavy atom. The van der Waals surface area contributed by atoms with Crippen molar-refractivity contribution in [2.75, 3.05) is 27.3 Å². The smallest absolute Gasteiger partial charge is 0.238 e. The van der Waals surface area contributed by atoms with Gasteiger partial charge >= 0.3 is 0 Å². The lowest BCUT2D eigenvalue weighted by atomic mass is 9.97. The van der Waals surface area contributed by atoms with Crippen molar-refractivity contribution in [3.05, 3.63) is 23.8 Å². The summed E-state index contributed by atoms with van der Waals surface area (Å²) in [6, 6.07) is 5.85. The molecular formula is C15H23N3O3. The fraction of sp³-hybridized carbons (Fsp3) is 0.533. The third-order valence-electron chi connectivity index (χ3n) is 3.90. The molecule has 1 unspecified atom stereocenters. The van der Waals surface area contributed by atoms with Gasteiger partial charge in [-0.05, 0) is 25.5 Å². The van der Waals surface area contributed by atoms with E-state index in [1.165, 1.54) is 0 Å². The van der Waals surface area contributed by atoms with Crippen molar-refractivity contribution in [3.8, 4) is 11.5 Å². The SMILES string of the molecule is COc1cccc(CN2CCCC(C(=O)NN)C2)c1OC. The van der Waals surface area contributed by atoms with Crippen LogP contribution in [0.5, 0.6) is 11.5 Å². The van der Waals surface area contributed by atoms with Crippen LogP contribution in [-0.2, 0) is 11.3 Å². The monoisotopic (exact) mass is 293 g/mol. The molecule has 0 aromatic heterocycles. The Morgan fingerprint density at radius 3 is 2.90 bits per heavy atom. The molecule has 3 N–H and O–H groups in total. The Balaban J connectivity index is 2.09. The van der Waals surface area contributed by atoms with Crippen LogP contribution in [0.2, 0.25) is 0 Å². The highest BCUT2D eigenvalue weighted by atomic mass is 16.5. The van der Waals surface area contributed by atoms with Gasteiger partial charge in [0.25, 0.3) is 0 Å². The number of amides is 1. The van der Waals surface area contributed by atoms with E-state index in [2.05, 4.69) is 10.3 Å². The van der Waals surface area contributed by atoms with Gasteiger partial charge in [-0.25, -0.2) is 5.84 Å². The molecule has 1 aliphatic heterocycles. The summed E-state index contributed by atoms with van der Waals surface area (Å²) in [7, 11) is 3.27. The zero-order valence-corrected chi connectivity index (χ0v) is 12.6. The van der Waals surface area contributed by atoms with E-state index in [-0.39, 0.29) is 11.8 Å². The van der Waals surface area contributed by atoms with Crippen molar-refractivity contribution in [2.45, 2.75) is 19.4 Å². The highest BCUT2D eigenvalue weighted by molar-refractivity contribution is 5.78. The van der Waals surface area contributed by atoms with Crippen molar-refractivity contribution < 1.29 is 14.3 Å². The van der Waals surface area contributed by atoms with Gasteiger partial charge in [-0.1, -0.05) is 12.1 Å². The number of ether oxygens (including phenoxy) is 2. The Labute approximate surface area is 125 Å². The minimum absolute atomic E-state index is 0.0413. The highest BCUT2D eigenvalue weighted by Crippen LogP contribution is 2.32. The van der Waals surface area contributed by atoms with Crippen molar-refractivity contribution in [1.82, 2.24) is 10.3 Å². The zero-order valence-electron chi connectivity index (χ0n) is 12.6. The molecule has 116 valence electrons. The number of nitrogens with one attached hydrogen (secondary N) is 1. The first kappa shape index (κ1) is 15.6. The number of piperidine rings is 1. The molecule has 6 nitrogen and oxygen atoms in total. The molecule has 6 heteroatoms. The summed E-state index contributed by atoms with van der Waals surface area (Å²) in [6.07, 6.45) is 1.87. The minimum Gasteiger partial charge on any atom is -0.493 e. The molecule has 1 aliphatic rings. The first-order valence-corrected chi connectivity index (χ1v) is 7.12. The van der Waals surface area contributed by atoms with Crippen LogP contribution in [0, 0.1) is 5.92 Å². The first-order valence-electron chi connectivity index (χ1n) is 7.12. The van der Waals surface area contributed by atoms with Crippen molar-refractivity contribution in [1.29, 1.82) is 0 Å². The second-order valence-electron chi connectivity index (χ2n) is 5.24. The lowest BCUT2D eigenvalue weighted by molar-refractivity contribution is -0.126. The third-order valence-corrected chi connectivity index (χ3v) is 3.90. The Hall–Kier alpha value is -1.79. The van der Waals surface area contributed by atoms with Gasteiger partial charge < -0.3 is 9.47 Å². The van der Waals surface area contributed by atoms with E-state index >= 15 is 0 Å². The molecule has 2 rings (SSSR count). The van der Waals surface area contributed by atoms with Crippen LogP contribution >= 0.6 is 0 Å². The number of rotatable bonds is 5. The Morgan fingerprint density at radius 2 is 2.24 bits per heavy atom. The van der Waals surface area contributed by atoms with E-state index in [1.807, 2.05) is 18.2 Å². The normalized spacial score (nSPS) is 19.1. The molecule has 1 amide bonds. The quantitative estimate of drug-likeness (QED) is 0.479. The number of likely N-dealkylation sites (tertiary alicyclic amines) is 1. The number of nitrogens with two attached hydrogens (primary N) is 1. The van der Waals surface area contributed by atoms with Crippen LogP contribution in [0.25, 0.3) is 0 Å². The summed E-state index contributed by atoms with van der Waals surface area (Å²) in [4.78, 5) is 13.9. The number of carbonyl (C=O) groups excluding carboxylic acids is 1. The number of carbonyl (C=O) groups is 1. The fourth-order valence-electron chi connectivity index (χ4n) is 2.85. The van der Waals surface area contributed by atoms with E-state index in [4.69, 9.17) is 15.3 Å². The van der Waals surface area contributed by atoms with Gasteiger partial charge in [0.15, 0.2) is 11.5 Å². The largest absolute Gasteiger partial charge is 0.493 e. The van der Waals surface area contributed by atoms with Gasteiger partial charge in [-0.15, -0.1) is 0 Å². The maximum atomic E-state index is 11.7. The Bertz CT molecular complexity index is 493. The number of hydrazine groups is 1. The van der Waals surface area contributed by atoms with Gasteiger partial charge in [-0.2, -0.15) is 0 Å². The number of hydrogen-bond acceptors (Lipinski definition) is 5. The second-order valence-corrected chi connectivity index (χ2v) is 5.24. The molecule has 0 aliphatic carbocycles. The average molecular weight is 293 g/mol. The zero-order chi connectivity index (χ0) is 15.2. The summed E-state index contributed by atoms with van der Waals surface area (Å²) in [5, 5.41) is 0. The number of benzene rings is 1. The van der Waals surface area contributed by atoms with E-state index in [0.29, 0.717) is 6.54 Å². The van der Waals surface area contributed by atoms with Crippen LogP contribution in [0.3, 0.4) is 0 Å². The van der Waals surface area contributed by atoms with E-state index in [1.54, 1.807) is 14.2 Å². The van der Waals surface area contributed by atoms with Gasteiger partial charge in [0.1, 0.15) is 0 Å². The highest BCUT2D eigenvalue weighted by Gasteiger charge is 2.26. The summed E-state index contributed by atoms with van der Waals surface area (Å²) < 4.78 is 10.8. The lowest BCUT2D eigenvalue weighted by Gasteiger charge is -2.32. The van der Waals surface area contributed by atoms with E-state index < -0.39 is 0 Å². The summed E-state index contributed by atoms with van der Waals surface area (Å²) in [6.45, 7) is 2.41. The van der Waals surface area contributed by atoms with Crippen LogP contribution in [0.1, 0.15) is 18.4 Å². The van der Waals surface area contributed by atoms with Gasteiger partial charge in [0, 0.05) is 18.7 Å². The molecule has 0 bridgehead atoms. The number of nitrogens with zero attached hydrogens (tertiary/aromatic N) is 1. The molecule has 1 heterocycles. The molecule has 1 fully saturated rings. The van der Waals surface area contributed by atoms with Crippen molar-refractivity contribution in [3.63, 3.8) is 0 Å². The molecule has 0 saturated carbocycles. The molecule has 0 spiro atoms. The number of hydrogen-bond donors (Lipinski definition) is 2. The predicted octanol–water partition coefficient (Wildman–Crippen LogP) is 0.906. The minimum atomic E-state index is -0.0858. The summed E-state index contributed by atoms with van der Waals surface area (Å²) in [5.74, 6) is 6.58. The van der Waals surface area contributed by atoms with Crippen LogP contribution in [0.4, 0.5) is 0 Å². The van der Waals surface area contributed by atoms with E-state index in [9.17, 15) is 4.79 Å². The molecule has 1 aromatic rings. The second kappa shape index (κ2) is 7.28. The third kappa shape index (κ3) is 3.65. The maximum absolute atomic E-state index is 11.7. The van der Waals surface area contributed by atoms with Crippen molar-refractivity contribution in [2.24, 2.45) is 11.8 Å². The fourth-order valence-corrected chi connectivity index (χ4v) is 2.85. The van der Waals surface area contributed by atoms with E-state index in [0.717, 1.165) is 43.0 Å². The molecule has 1 aromatic carbocycles. The summed E-state index contributed by atoms with van der Waals surface area (Å²) >= 11 is 0. The molecular weight excluding hydrogens is 270 g/mol. The molecule has 0 radical (unpaired) electrons. The lowest BCUT2D eigenvalue weighted by Crippen LogP contribution is -2.44. The number of methoxy groups -OCH3 is 2. The van der Waals surface area contributed by atoms with Gasteiger partial charge in [0.2, 0.25) is 5.91 Å². The molecule has 1 saturated heterocycles. The van der Waals surface area contributed by atoms with Gasteiger partial charge in [-0.3, -0.25) is 15.1 Å².